The molecule has 20 heavy (non-hydrogen) atoms. The van der Waals surface area contributed by atoms with Gasteiger partial charge in [0, 0.05) is 18.9 Å². The van der Waals surface area contributed by atoms with E-state index in [1.807, 2.05) is 18.9 Å². The molecular weight excluding hydrogens is 260 g/mol. The number of nitrogens with two attached hydrogens (primary N) is 2. The van der Waals surface area contributed by atoms with Crippen molar-refractivity contribution < 1.29 is 14.4 Å². The van der Waals surface area contributed by atoms with Gasteiger partial charge in [-0.25, -0.2) is 0 Å². The second-order valence-electron chi connectivity index (χ2n) is 5.86. The fourth-order valence-electron chi connectivity index (χ4n) is 3.44. The van der Waals surface area contributed by atoms with Crippen LogP contribution in [0.5, 0.6) is 0 Å². The van der Waals surface area contributed by atoms with Crippen LogP contribution in [0.1, 0.15) is 32.6 Å². The number of nitrogens with zero attached hydrogens (tertiary/aromatic N) is 2. The number of rotatable bonds is 5. The Kier molecular flexibility index (Phi) is 3.99. The third kappa shape index (κ3) is 2.49. The van der Waals surface area contributed by atoms with Crippen molar-refractivity contribution in [3.05, 3.63) is 0 Å². The monoisotopic (exact) mass is 282 g/mol. The summed E-state index contributed by atoms with van der Waals surface area (Å²) in [6.07, 6.45) is 1.64. The van der Waals surface area contributed by atoms with Gasteiger partial charge < -0.3 is 16.4 Å². The SMILES string of the molecule is CC1CC2N(C)C(CCC(N)=O)C(=O)N2C1CC(N)=O. The standard InChI is InChI=1S/C13H22N4O3/c1-7-5-12-16(2)8(3-4-10(14)18)13(20)17(12)9(7)6-11(15)19/h7-9,12H,3-6H2,1-2H3,(H2,14,18)(H2,15,19). The maximum atomic E-state index is 12.5. The minimum Gasteiger partial charge on any atom is -0.370 e. The van der Waals surface area contributed by atoms with Crippen molar-refractivity contribution in [1.29, 1.82) is 0 Å². The molecular formula is C13H22N4O3. The Balaban J connectivity index is 2.13. The largest absolute Gasteiger partial charge is 0.370 e. The van der Waals surface area contributed by atoms with E-state index < -0.39 is 11.8 Å². The number of carbonyl (C=O) groups excluding carboxylic acids is 3. The van der Waals surface area contributed by atoms with Gasteiger partial charge in [0.25, 0.3) is 0 Å². The Labute approximate surface area is 118 Å². The summed E-state index contributed by atoms with van der Waals surface area (Å²) < 4.78 is 0. The lowest BCUT2D eigenvalue weighted by Crippen LogP contribution is -2.41. The van der Waals surface area contributed by atoms with Gasteiger partial charge >= 0.3 is 0 Å². The third-order valence-electron chi connectivity index (χ3n) is 4.49. The van der Waals surface area contributed by atoms with Crippen molar-refractivity contribution in [3.63, 3.8) is 0 Å². The average Bonchev–Trinajstić information content (AvgIpc) is 2.76. The van der Waals surface area contributed by atoms with Crippen molar-refractivity contribution in [1.82, 2.24) is 9.80 Å². The predicted molar refractivity (Wildman–Crippen MR) is 72.0 cm³/mol. The van der Waals surface area contributed by atoms with Crippen molar-refractivity contribution in [3.8, 4) is 0 Å². The highest BCUT2D eigenvalue weighted by atomic mass is 16.2. The maximum Gasteiger partial charge on any atom is 0.241 e. The van der Waals surface area contributed by atoms with E-state index in [1.165, 1.54) is 0 Å². The van der Waals surface area contributed by atoms with Crippen LogP contribution in [0, 0.1) is 5.92 Å². The van der Waals surface area contributed by atoms with E-state index in [0.29, 0.717) is 6.42 Å². The summed E-state index contributed by atoms with van der Waals surface area (Å²) in [5, 5.41) is 0. The minimum atomic E-state index is -0.402. The highest BCUT2D eigenvalue weighted by Crippen LogP contribution is 2.39. The first-order valence-electron chi connectivity index (χ1n) is 6.93. The molecule has 7 heteroatoms. The number of carbonyl (C=O) groups is 3. The number of hydrogen-bond acceptors (Lipinski definition) is 4. The van der Waals surface area contributed by atoms with Crippen LogP contribution in [0.3, 0.4) is 0 Å². The van der Waals surface area contributed by atoms with Gasteiger partial charge in [-0.05, 0) is 25.8 Å². The molecule has 0 radical (unpaired) electrons. The number of hydrogen-bond donors (Lipinski definition) is 2. The highest BCUT2D eigenvalue weighted by Gasteiger charge is 2.52. The van der Waals surface area contributed by atoms with Gasteiger partial charge in [-0.2, -0.15) is 0 Å². The fraction of sp³-hybridized carbons (Fsp3) is 0.769. The summed E-state index contributed by atoms with van der Waals surface area (Å²) in [5.74, 6) is -0.566. The molecule has 2 saturated heterocycles. The van der Waals surface area contributed by atoms with Crippen molar-refractivity contribution in [2.24, 2.45) is 17.4 Å². The van der Waals surface area contributed by atoms with Crippen LogP contribution in [0.15, 0.2) is 0 Å². The van der Waals surface area contributed by atoms with Crippen LogP contribution in [-0.2, 0) is 14.4 Å². The van der Waals surface area contributed by atoms with Crippen LogP contribution in [0.25, 0.3) is 0 Å². The summed E-state index contributed by atoms with van der Waals surface area (Å²) in [6, 6.07) is -0.457. The molecule has 4 unspecified atom stereocenters. The number of fused-ring (bicyclic) bond motifs is 1. The molecule has 2 heterocycles. The van der Waals surface area contributed by atoms with Crippen molar-refractivity contribution >= 4 is 17.7 Å². The van der Waals surface area contributed by atoms with Crippen LogP contribution < -0.4 is 11.5 Å². The molecule has 7 nitrogen and oxygen atoms in total. The van der Waals surface area contributed by atoms with Crippen molar-refractivity contribution in [2.45, 2.75) is 50.9 Å². The lowest BCUT2D eigenvalue weighted by Gasteiger charge is -2.25. The Bertz CT molecular complexity index is 439. The molecule has 3 amide bonds. The maximum absolute atomic E-state index is 12.5. The number of amides is 3. The van der Waals surface area contributed by atoms with E-state index >= 15 is 0 Å². The molecule has 4 atom stereocenters. The predicted octanol–water partition coefficient (Wildman–Crippen LogP) is -0.996. The molecule has 0 aromatic carbocycles. The fourth-order valence-corrected chi connectivity index (χ4v) is 3.44. The zero-order chi connectivity index (χ0) is 15.0. The Morgan fingerprint density at radius 3 is 2.50 bits per heavy atom. The highest BCUT2D eigenvalue weighted by molar-refractivity contribution is 5.86. The van der Waals surface area contributed by atoms with E-state index in [0.717, 1.165) is 6.42 Å². The molecule has 0 bridgehead atoms. The molecule has 112 valence electrons. The molecule has 2 fully saturated rings. The third-order valence-corrected chi connectivity index (χ3v) is 4.49. The van der Waals surface area contributed by atoms with Gasteiger partial charge in [0.1, 0.15) is 0 Å². The molecule has 0 aromatic rings. The molecule has 4 N–H and O–H groups in total. The summed E-state index contributed by atoms with van der Waals surface area (Å²) in [6.45, 7) is 2.03. The lowest BCUT2D eigenvalue weighted by atomic mass is 9.97. The van der Waals surface area contributed by atoms with E-state index in [9.17, 15) is 14.4 Å². The summed E-state index contributed by atoms with van der Waals surface area (Å²) in [4.78, 5) is 38.4. The lowest BCUT2D eigenvalue weighted by molar-refractivity contribution is -0.132. The Morgan fingerprint density at radius 1 is 1.30 bits per heavy atom. The average molecular weight is 282 g/mol. The van der Waals surface area contributed by atoms with E-state index in [2.05, 4.69) is 0 Å². The quantitative estimate of drug-likeness (QED) is 0.674. The van der Waals surface area contributed by atoms with E-state index in [4.69, 9.17) is 11.5 Å². The zero-order valence-corrected chi connectivity index (χ0v) is 11.9. The van der Waals surface area contributed by atoms with Crippen LogP contribution >= 0.6 is 0 Å². The molecule has 0 aromatic heterocycles. The topological polar surface area (TPSA) is 110 Å². The molecule has 2 rings (SSSR count). The number of primary amides is 2. The summed E-state index contributed by atoms with van der Waals surface area (Å²) in [5.41, 5.74) is 10.4. The smallest absolute Gasteiger partial charge is 0.241 e. The van der Waals surface area contributed by atoms with E-state index in [1.54, 1.807) is 4.90 Å². The van der Waals surface area contributed by atoms with Crippen molar-refractivity contribution in [2.75, 3.05) is 7.05 Å². The first kappa shape index (κ1) is 14.8. The van der Waals surface area contributed by atoms with E-state index in [-0.39, 0.29) is 42.9 Å². The Morgan fingerprint density at radius 2 is 1.95 bits per heavy atom. The van der Waals surface area contributed by atoms with Gasteiger partial charge in [-0.3, -0.25) is 19.3 Å². The molecule has 2 aliphatic rings. The van der Waals surface area contributed by atoms with Gasteiger partial charge in [0.2, 0.25) is 17.7 Å². The minimum absolute atomic E-state index is 0.000253. The molecule has 2 aliphatic heterocycles. The normalized spacial score (nSPS) is 33.5. The number of likely N-dealkylation sites (N-methyl/N-ethyl adjacent to an activating group) is 1. The van der Waals surface area contributed by atoms with Gasteiger partial charge in [0.05, 0.1) is 12.2 Å². The van der Waals surface area contributed by atoms with Crippen LogP contribution in [-0.4, -0.2) is 52.8 Å². The Hall–Kier alpha value is -1.63. The van der Waals surface area contributed by atoms with Gasteiger partial charge in [-0.15, -0.1) is 0 Å². The first-order chi connectivity index (χ1) is 9.32. The second-order valence-corrected chi connectivity index (χ2v) is 5.86. The molecule has 0 saturated carbocycles. The first-order valence-corrected chi connectivity index (χ1v) is 6.93. The zero-order valence-electron chi connectivity index (χ0n) is 11.9. The van der Waals surface area contributed by atoms with Crippen LogP contribution in [0.4, 0.5) is 0 Å². The van der Waals surface area contributed by atoms with Gasteiger partial charge in [-0.1, -0.05) is 6.92 Å². The molecule has 0 aliphatic carbocycles. The van der Waals surface area contributed by atoms with Gasteiger partial charge in [0.15, 0.2) is 0 Å². The van der Waals surface area contributed by atoms with Crippen LogP contribution in [0.2, 0.25) is 0 Å². The second kappa shape index (κ2) is 5.40. The molecule has 0 spiro atoms. The summed E-state index contributed by atoms with van der Waals surface area (Å²) >= 11 is 0. The summed E-state index contributed by atoms with van der Waals surface area (Å²) in [7, 11) is 1.88.